The number of ether oxygens (including phenoxy) is 1. The van der Waals surface area contributed by atoms with Crippen molar-refractivity contribution in [3.8, 4) is 0 Å². The summed E-state index contributed by atoms with van der Waals surface area (Å²) in [5.74, 6) is -0.292. The van der Waals surface area contributed by atoms with Crippen LogP contribution < -0.4 is 5.32 Å². The quantitative estimate of drug-likeness (QED) is 0.828. The third-order valence-corrected chi connectivity index (χ3v) is 2.79. The summed E-state index contributed by atoms with van der Waals surface area (Å²) in [7, 11) is 0. The molecule has 0 fully saturated rings. The standard InChI is InChI=1S/C11H18N2O2S/c1-6-15-9(14)8-7(2)12-10(16-8)13-11(3,4)5/h6H2,1-5H3,(H,12,13). The van der Waals surface area contributed by atoms with Gasteiger partial charge in [-0.2, -0.15) is 0 Å². The van der Waals surface area contributed by atoms with Crippen molar-refractivity contribution in [1.82, 2.24) is 4.98 Å². The van der Waals surface area contributed by atoms with Gasteiger partial charge in [0.1, 0.15) is 4.88 Å². The van der Waals surface area contributed by atoms with E-state index in [1.807, 2.05) is 27.7 Å². The van der Waals surface area contributed by atoms with Crippen LogP contribution in [0.2, 0.25) is 0 Å². The van der Waals surface area contributed by atoms with Crippen LogP contribution in [0, 0.1) is 6.92 Å². The van der Waals surface area contributed by atoms with Crippen molar-refractivity contribution in [3.63, 3.8) is 0 Å². The molecule has 1 aromatic rings. The number of anilines is 1. The van der Waals surface area contributed by atoms with Crippen molar-refractivity contribution in [3.05, 3.63) is 10.6 Å². The van der Waals surface area contributed by atoms with Crippen LogP contribution in [0.4, 0.5) is 5.13 Å². The summed E-state index contributed by atoms with van der Waals surface area (Å²) in [6.45, 7) is 10.1. The molecular weight excluding hydrogens is 224 g/mol. The number of rotatable bonds is 3. The van der Waals surface area contributed by atoms with Gasteiger partial charge in [-0.05, 0) is 34.6 Å². The van der Waals surface area contributed by atoms with Gasteiger partial charge >= 0.3 is 5.97 Å². The van der Waals surface area contributed by atoms with Gasteiger partial charge in [-0.1, -0.05) is 11.3 Å². The van der Waals surface area contributed by atoms with Crippen LogP contribution in [-0.4, -0.2) is 23.1 Å². The number of nitrogens with one attached hydrogen (secondary N) is 1. The van der Waals surface area contributed by atoms with Crippen LogP contribution in [0.15, 0.2) is 0 Å². The fourth-order valence-electron chi connectivity index (χ4n) is 1.16. The van der Waals surface area contributed by atoms with Crippen molar-refractivity contribution in [2.75, 3.05) is 11.9 Å². The predicted octanol–water partition coefficient (Wildman–Crippen LogP) is 2.84. The zero-order valence-corrected chi connectivity index (χ0v) is 11.2. The van der Waals surface area contributed by atoms with Gasteiger partial charge in [0.25, 0.3) is 0 Å². The van der Waals surface area contributed by atoms with E-state index < -0.39 is 0 Å². The fourth-order valence-corrected chi connectivity index (χ4v) is 2.23. The van der Waals surface area contributed by atoms with E-state index in [0.717, 1.165) is 10.8 Å². The van der Waals surface area contributed by atoms with E-state index in [1.54, 1.807) is 6.92 Å². The second-order valence-electron chi connectivity index (χ2n) is 4.53. The van der Waals surface area contributed by atoms with Gasteiger partial charge in [-0.3, -0.25) is 0 Å². The third-order valence-electron chi connectivity index (χ3n) is 1.74. The Balaban J connectivity index is 2.86. The fraction of sp³-hybridized carbons (Fsp3) is 0.636. The molecule has 0 aliphatic rings. The molecule has 0 saturated heterocycles. The van der Waals surface area contributed by atoms with Crippen LogP contribution in [0.1, 0.15) is 43.1 Å². The highest BCUT2D eigenvalue weighted by atomic mass is 32.1. The highest BCUT2D eigenvalue weighted by Crippen LogP contribution is 2.25. The van der Waals surface area contributed by atoms with Crippen molar-refractivity contribution >= 4 is 22.4 Å². The molecule has 0 spiro atoms. The van der Waals surface area contributed by atoms with Crippen molar-refractivity contribution in [1.29, 1.82) is 0 Å². The zero-order chi connectivity index (χ0) is 12.3. The smallest absolute Gasteiger partial charge is 0.350 e. The lowest BCUT2D eigenvalue weighted by molar-refractivity contribution is 0.0531. The van der Waals surface area contributed by atoms with Gasteiger partial charge in [0, 0.05) is 5.54 Å². The topological polar surface area (TPSA) is 51.2 Å². The number of carbonyl (C=O) groups is 1. The molecule has 4 nitrogen and oxygen atoms in total. The van der Waals surface area contributed by atoms with Crippen LogP contribution in [-0.2, 0) is 4.74 Å². The number of thiazole rings is 1. The second kappa shape index (κ2) is 4.82. The Morgan fingerprint density at radius 1 is 1.50 bits per heavy atom. The summed E-state index contributed by atoms with van der Waals surface area (Å²) in [6, 6.07) is 0. The summed E-state index contributed by atoms with van der Waals surface area (Å²) in [5, 5.41) is 4.00. The van der Waals surface area contributed by atoms with Crippen molar-refractivity contribution < 1.29 is 9.53 Å². The molecule has 16 heavy (non-hydrogen) atoms. The molecule has 0 aromatic carbocycles. The highest BCUT2D eigenvalue weighted by molar-refractivity contribution is 7.17. The van der Waals surface area contributed by atoms with E-state index in [1.165, 1.54) is 11.3 Å². The summed E-state index contributed by atoms with van der Waals surface area (Å²) < 4.78 is 4.96. The van der Waals surface area contributed by atoms with E-state index >= 15 is 0 Å². The third kappa shape index (κ3) is 3.48. The summed E-state index contributed by atoms with van der Waals surface area (Å²) >= 11 is 1.34. The van der Waals surface area contributed by atoms with Crippen LogP contribution in [0.25, 0.3) is 0 Å². The lowest BCUT2D eigenvalue weighted by Crippen LogP contribution is -2.25. The Labute approximate surface area is 100 Å². The number of nitrogens with zero attached hydrogens (tertiary/aromatic N) is 1. The number of aromatic nitrogens is 1. The summed E-state index contributed by atoms with van der Waals surface area (Å²) in [4.78, 5) is 16.4. The normalized spacial score (nSPS) is 11.3. The summed E-state index contributed by atoms with van der Waals surface area (Å²) in [5.41, 5.74) is 0.658. The lowest BCUT2D eigenvalue weighted by Gasteiger charge is -2.19. The van der Waals surface area contributed by atoms with Crippen molar-refractivity contribution in [2.45, 2.75) is 40.2 Å². The lowest BCUT2D eigenvalue weighted by atomic mass is 10.1. The van der Waals surface area contributed by atoms with Gasteiger partial charge in [-0.25, -0.2) is 9.78 Å². The maximum absolute atomic E-state index is 11.6. The Morgan fingerprint density at radius 3 is 2.62 bits per heavy atom. The molecule has 0 bridgehead atoms. The second-order valence-corrected chi connectivity index (χ2v) is 5.53. The van der Waals surface area contributed by atoms with E-state index in [9.17, 15) is 4.79 Å². The maximum atomic E-state index is 11.6. The molecule has 1 N–H and O–H groups in total. The average Bonchev–Trinajstić information content (AvgIpc) is 2.44. The molecule has 1 rings (SSSR count). The molecule has 0 aliphatic heterocycles. The molecule has 1 heterocycles. The maximum Gasteiger partial charge on any atom is 0.350 e. The SMILES string of the molecule is CCOC(=O)c1sc(NC(C)(C)C)nc1C. The number of aryl methyl sites for hydroxylation is 1. The number of carbonyl (C=O) groups excluding carboxylic acids is 1. The number of hydrogen-bond acceptors (Lipinski definition) is 5. The van der Waals surface area contributed by atoms with E-state index in [0.29, 0.717) is 11.5 Å². The van der Waals surface area contributed by atoms with E-state index in [4.69, 9.17) is 4.74 Å². The van der Waals surface area contributed by atoms with Crippen molar-refractivity contribution in [2.24, 2.45) is 0 Å². The molecule has 0 amide bonds. The minimum Gasteiger partial charge on any atom is -0.462 e. The monoisotopic (exact) mass is 242 g/mol. The first-order chi connectivity index (χ1) is 7.33. The minimum atomic E-state index is -0.292. The first-order valence-electron chi connectivity index (χ1n) is 5.26. The molecule has 1 aromatic heterocycles. The Hall–Kier alpha value is -1.10. The molecule has 0 radical (unpaired) electrons. The molecular formula is C11H18N2O2S. The van der Waals surface area contributed by atoms with Gasteiger partial charge in [0.05, 0.1) is 12.3 Å². The predicted molar refractivity (Wildman–Crippen MR) is 66.2 cm³/mol. The van der Waals surface area contributed by atoms with Crippen LogP contribution in [0.3, 0.4) is 0 Å². The molecule has 0 unspecified atom stereocenters. The number of hydrogen-bond donors (Lipinski definition) is 1. The van der Waals surface area contributed by atoms with Crippen LogP contribution >= 0.6 is 11.3 Å². The first-order valence-corrected chi connectivity index (χ1v) is 6.08. The first kappa shape index (κ1) is 13.0. The highest BCUT2D eigenvalue weighted by Gasteiger charge is 2.18. The van der Waals surface area contributed by atoms with E-state index in [-0.39, 0.29) is 11.5 Å². The van der Waals surface area contributed by atoms with Gasteiger partial charge < -0.3 is 10.1 Å². The molecule has 0 aliphatic carbocycles. The number of esters is 1. The summed E-state index contributed by atoms with van der Waals surface area (Å²) in [6.07, 6.45) is 0. The Kier molecular flexibility index (Phi) is 3.91. The zero-order valence-electron chi connectivity index (χ0n) is 10.4. The molecule has 5 heteroatoms. The molecule has 0 atom stereocenters. The Morgan fingerprint density at radius 2 is 2.12 bits per heavy atom. The minimum absolute atomic E-state index is 0.0593. The molecule has 0 saturated carbocycles. The van der Waals surface area contributed by atoms with Crippen LogP contribution in [0.5, 0.6) is 0 Å². The van der Waals surface area contributed by atoms with Gasteiger partial charge in [0.2, 0.25) is 0 Å². The molecule has 90 valence electrons. The average molecular weight is 242 g/mol. The van der Waals surface area contributed by atoms with E-state index in [2.05, 4.69) is 10.3 Å². The Bertz CT molecular complexity index is 380. The van der Waals surface area contributed by atoms with Gasteiger partial charge in [0.15, 0.2) is 5.13 Å². The van der Waals surface area contributed by atoms with Gasteiger partial charge in [-0.15, -0.1) is 0 Å². The largest absolute Gasteiger partial charge is 0.462 e.